The Labute approximate surface area is 148 Å². The third kappa shape index (κ3) is 4.26. The molecule has 126 valence electrons. The first-order valence-electron chi connectivity index (χ1n) is 7.08. The topological polar surface area (TPSA) is 90.7 Å². The van der Waals surface area contributed by atoms with Crippen molar-refractivity contribution in [2.24, 2.45) is 5.73 Å². The van der Waals surface area contributed by atoms with Crippen LogP contribution in [0, 0.1) is 6.92 Å². The van der Waals surface area contributed by atoms with Gasteiger partial charge in [-0.15, -0.1) is 0 Å². The molecule has 0 spiro atoms. The van der Waals surface area contributed by atoms with E-state index in [4.69, 9.17) is 15.2 Å². The lowest BCUT2D eigenvalue weighted by Crippen LogP contribution is -2.22. The summed E-state index contributed by atoms with van der Waals surface area (Å²) in [5.41, 5.74) is 7.12. The van der Waals surface area contributed by atoms with E-state index >= 15 is 0 Å². The maximum Gasteiger partial charge on any atom is 0.262 e. The second kappa shape index (κ2) is 7.83. The van der Waals surface area contributed by atoms with Crippen molar-refractivity contribution in [1.82, 2.24) is 0 Å². The first-order chi connectivity index (χ1) is 11.4. The van der Waals surface area contributed by atoms with E-state index in [2.05, 4.69) is 21.2 Å². The van der Waals surface area contributed by atoms with Crippen molar-refractivity contribution in [3.05, 3.63) is 52.0 Å². The Balaban J connectivity index is 2.09. The maximum absolute atomic E-state index is 12.1. The zero-order valence-electron chi connectivity index (χ0n) is 13.3. The third-order valence-corrected chi connectivity index (χ3v) is 4.14. The van der Waals surface area contributed by atoms with Gasteiger partial charge in [-0.3, -0.25) is 9.59 Å². The lowest BCUT2D eigenvalue weighted by atomic mass is 10.2. The summed E-state index contributed by atoms with van der Waals surface area (Å²) >= 11 is 3.40. The van der Waals surface area contributed by atoms with Gasteiger partial charge < -0.3 is 20.5 Å². The average Bonchev–Trinajstić information content (AvgIpc) is 2.55. The normalized spacial score (nSPS) is 10.1. The van der Waals surface area contributed by atoms with Crippen LogP contribution < -0.4 is 20.5 Å². The van der Waals surface area contributed by atoms with Gasteiger partial charge in [0.2, 0.25) is 0 Å². The second-order valence-corrected chi connectivity index (χ2v) is 5.86. The van der Waals surface area contributed by atoms with E-state index in [1.165, 1.54) is 13.2 Å². The number of nitrogens with one attached hydrogen (secondary N) is 1. The third-order valence-electron chi connectivity index (χ3n) is 3.25. The van der Waals surface area contributed by atoms with Gasteiger partial charge in [-0.2, -0.15) is 0 Å². The number of aryl methyl sites for hydroxylation is 1. The van der Waals surface area contributed by atoms with Gasteiger partial charge in [0.1, 0.15) is 0 Å². The van der Waals surface area contributed by atoms with Gasteiger partial charge in [0.05, 0.1) is 12.7 Å². The number of para-hydroxylation sites is 1. The van der Waals surface area contributed by atoms with E-state index in [1.807, 2.05) is 19.1 Å². The van der Waals surface area contributed by atoms with Crippen LogP contribution in [-0.4, -0.2) is 25.5 Å². The summed E-state index contributed by atoms with van der Waals surface area (Å²) < 4.78 is 11.6. The molecule has 0 aromatic heterocycles. The monoisotopic (exact) mass is 392 g/mol. The van der Waals surface area contributed by atoms with Crippen LogP contribution in [0.25, 0.3) is 0 Å². The molecule has 3 N–H and O–H groups in total. The van der Waals surface area contributed by atoms with Crippen molar-refractivity contribution in [2.75, 3.05) is 19.0 Å². The average molecular weight is 393 g/mol. The number of amides is 2. The predicted molar refractivity (Wildman–Crippen MR) is 94.5 cm³/mol. The van der Waals surface area contributed by atoms with Gasteiger partial charge in [-0.25, -0.2) is 0 Å². The van der Waals surface area contributed by atoms with Gasteiger partial charge in [0.25, 0.3) is 11.8 Å². The number of primary amides is 1. The Morgan fingerprint density at radius 1 is 1.25 bits per heavy atom. The van der Waals surface area contributed by atoms with Crippen LogP contribution in [0.5, 0.6) is 11.5 Å². The molecule has 0 bridgehead atoms. The zero-order valence-corrected chi connectivity index (χ0v) is 14.8. The molecule has 0 saturated carbocycles. The molecular weight excluding hydrogens is 376 g/mol. The summed E-state index contributed by atoms with van der Waals surface area (Å²) in [4.78, 5) is 23.5. The molecule has 0 heterocycles. The molecule has 0 unspecified atom stereocenters. The lowest BCUT2D eigenvalue weighted by molar-refractivity contribution is -0.118. The van der Waals surface area contributed by atoms with Crippen molar-refractivity contribution in [3.63, 3.8) is 0 Å². The first-order valence-corrected chi connectivity index (χ1v) is 7.87. The number of ether oxygens (including phenoxy) is 2. The van der Waals surface area contributed by atoms with Crippen molar-refractivity contribution in [1.29, 1.82) is 0 Å². The molecule has 0 aliphatic carbocycles. The molecule has 0 radical (unpaired) electrons. The van der Waals surface area contributed by atoms with Gasteiger partial charge in [-0.1, -0.05) is 22.0 Å². The number of nitrogens with two attached hydrogens (primary N) is 1. The Morgan fingerprint density at radius 3 is 2.62 bits per heavy atom. The Hall–Kier alpha value is -2.54. The number of benzene rings is 2. The minimum atomic E-state index is -0.659. The quantitative estimate of drug-likeness (QED) is 0.790. The Kier molecular flexibility index (Phi) is 5.81. The highest BCUT2D eigenvalue weighted by Gasteiger charge is 2.16. The fraction of sp³-hybridized carbons (Fsp3) is 0.176. The van der Waals surface area contributed by atoms with Gasteiger partial charge in [0.15, 0.2) is 18.1 Å². The van der Waals surface area contributed by atoms with E-state index in [0.717, 1.165) is 10.0 Å². The summed E-state index contributed by atoms with van der Waals surface area (Å²) in [6.07, 6.45) is 0. The smallest absolute Gasteiger partial charge is 0.262 e. The molecule has 0 saturated heterocycles. The lowest BCUT2D eigenvalue weighted by Gasteiger charge is -2.13. The van der Waals surface area contributed by atoms with E-state index in [-0.39, 0.29) is 23.8 Å². The van der Waals surface area contributed by atoms with Gasteiger partial charge in [0, 0.05) is 10.2 Å². The standard InChI is InChI=1S/C17H17BrN2O4/c1-10-8-11(6-7-13(10)18)20-15(21)9-24-16-12(17(19)22)4-3-5-14(16)23-2/h3-8H,9H2,1-2H3,(H2,19,22)(H,20,21). The largest absolute Gasteiger partial charge is 0.493 e. The number of methoxy groups -OCH3 is 1. The van der Waals surface area contributed by atoms with Crippen LogP contribution in [0.3, 0.4) is 0 Å². The molecule has 6 nitrogen and oxygen atoms in total. The minimum absolute atomic E-state index is 0.148. The molecule has 0 fully saturated rings. The van der Waals surface area contributed by atoms with E-state index in [9.17, 15) is 9.59 Å². The van der Waals surface area contributed by atoms with Gasteiger partial charge >= 0.3 is 0 Å². The highest BCUT2D eigenvalue weighted by atomic mass is 79.9. The van der Waals surface area contributed by atoms with Crippen LogP contribution in [0.2, 0.25) is 0 Å². The summed E-state index contributed by atoms with van der Waals surface area (Å²) in [6, 6.07) is 10.2. The summed E-state index contributed by atoms with van der Waals surface area (Å²) in [5, 5.41) is 2.72. The number of carbonyl (C=O) groups is 2. The molecule has 2 aromatic rings. The van der Waals surface area contributed by atoms with Crippen LogP contribution >= 0.6 is 15.9 Å². The Morgan fingerprint density at radius 2 is 2.00 bits per heavy atom. The molecule has 24 heavy (non-hydrogen) atoms. The molecule has 0 aliphatic rings. The van der Waals surface area contributed by atoms with E-state index in [1.54, 1.807) is 18.2 Å². The van der Waals surface area contributed by atoms with Crippen molar-refractivity contribution in [2.45, 2.75) is 6.92 Å². The van der Waals surface area contributed by atoms with Crippen LogP contribution in [-0.2, 0) is 4.79 Å². The van der Waals surface area contributed by atoms with Gasteiger partial charge in [-0.05, 0) is 42.8 Å². The molecule has 2 amide bonds. The minimum Gasteiger partial charge on any atom is -0.493 e. The second-order valence-electron chi connectivity index (χ2n) is 5.00. The number of hydrogen-bond donors (Lipinski definition) is 2. The number of hydrogen-bond acceptors (Lipinski definition) is 4. The summed E-state index contributed by atoms with van der Waals surface area (Å²) in [7, 11) is 1.44. The molecule has 7 heteroatoms. The fourth-order valence-electron chi connectivity index (χ4n) is 2.08. The molecule has 2 rings (SSSR count). The number of carbonyl (C=O) groups excluding carboxylic acids is 2. The Bertz CT molecular complexity index is 777. The number of anilines is 1. The first kappa shape index (κ1) is 17.8. The summed E-state index contributed by atoms with van der Waals surface area (Å²) in [5.74, 6) is -0.542. The summed E-state index contributed by atoms with van der Waals surface area (Å²) in [6.45, 7) is 1.64. The van der Waals surface area contributed by atoms with E-state index in [0.29, 0.717) is 11.4 Å². The van der Waals surface area contributed by atoms with Crippen LogP contribution in [0.1, 0.15) is 15.9 Å². The fourth-order valence-corrected chi connectivity index (χ4v) is 2.32. The highest BCUT2D eigenvalue weighted by Crippen LogP contribution is 2.30. The molecule has 0 aliphatic heterocycles. The van der Waals surface area contributed by atoms with Crippen molar-refractivity contribution >= 4 is 33.4 Å². The number of rotatable bonds is 6. The van der Waals surface area contributed by atoms with Crippen LogP contribution in [0.15, 0.2) is 40.9 Å². The number of halogens is 1. The van der Waals surface area contributed by atoms with Crippen LogP contribution in [0.4, 0.5) is 5.69 Å². The van der Waals surface area contributed by atoms with Crippen molar-refractivity contribution < 1.29 is 19.1 Å². The highest BCUT2D eigenvalue weighted by molar-refractivity contribution is 9.10. The molecule has 0 atom stereocenters. The zero-order chi connectivity index (χ0) is 17.7. The van der Waals surface area contributed by atoms with E-state index < -0.39 is 5.91 Å². The predicted octanol–water partition coefficient (Wildman–Crippen LogP) is 2.88. The molecule has 2 aromatic carbocycles. The van der Waals surface area contributed by atoms with Crippen molar-refractivity contribution in [3.8, 4) is 11.5 Å². The SMILES string of the molecule is COc1cccc(C(N)=O)c1OCC(=O)Nc1ccc(Br)c(C)c1. The molecular formula is C17H17BrN2O4. The maximum atomic E-state index is 12.1.